The van der Waals surface area contributed by atoms with Gasteiger partial charge in [-0.2, -0.15) is 5.10 Å². The first kappa shape index (κ1) is 10.2. The van der Waals surface area contributed by atoms with Crippen LogP contribution >= 0.6 is 0 Å². The van der Waals surface area contributed by atoms with Gasteiger partial charge < -0.3 is 5.32 Å². The third kappa shape index (κ3) is 2.00. The minimum absolute atomic E-state index is 0.675. The molecule has 0 aliphatic rings. The van der Waals surface area contributed by atoms with E-state index < -0.39 is 0 Å². The van der Waals surface area contributed by atoms with E-state index in [0.717, 1.165) is 16.7 Å². The molecule has 0 aromatic carbocycles. The first-order valence-corrected chi connectivity index (χ1v) is 4.85. The second-order valence-corrected chi connectivity index (χ2v) is 3.22. The monoisotopic (exact) mass is 212 g/mol. The van der Waals surface area contributed by atoms with Crippen molar-refractivity contribution in [3.63, 3.8) is 0 Å². The quantitative estimate of drug-likeness (QED) is 0.766. The van der Waals surface area contributed by atoms with Crippen molar-refractivity contribution in [3.8, 4) is 0 Å². The molecule has 80 valence electrons. The van der Waals surface area contributed by atoms with Crippen LogP contribution in [0, 0.1) is 0 Å². The van der Waals surface area contributed by atoms with E-state index in [0.29, 0.717) is 5.82 Å². The Morgan fingerprint density at radius 2 is 2.38 bits per heavy atom. The molecule has 0 atom stereocenters. The van der Waals surface area contributed by atoms with Crippen molar-refractivity contribution in [2.75, 3.05) is 5.32 Å². The van der Waals surface area contributed by atoms with Crippen molar-refractivity contribution in [1.29, 1.82) is 0 Å². The molecule has 0 fully saturated rings. The molecule has 0 radical (unpaired) electrons. The number of pyridine rings is 1. The number of anilines is 1. The lowest BCUT2D eigenvalue weighted by Crippen LogP contribution is -1.96. The summed E-state index contributed by atoms with van der Waals surface area (Å²) in [4.78, 5) is 4.23. The largest absolute Gasteiger partial charge is 0.337 e. The summed E-state index contributed by atoms with van der Waals surface area (Å²) in [6.45, 7) is 7.44. The molecule has 0 aliphatic heterocycles. The summed E-state index contributed by atoms with van der Waals surface area (Å²) in [5.41, 5.74) is 2.43. The molecule has 4 nitrogen and oxygen atoms in total. The van der Waals surface area contributed by atoms with E-state index in [1.807, 2.05) is 18.2 Å². The topological polar surface area (TPSA) is 53.6 Å². The van der Waals surface area contributed by atoms with Gasteiger partial charge in [0.05, 0.1) is 5.52 Å². The highest BCUT2D eigenvalue weighted by molar-refractivity contribution is 5.86. The number of fused-ring (bicyclic) bond motifs is 1. The molecule has 2 rings (SSSR count). The van der Waals surface area contributed by atoms with Crippen LogP contribution in [0.3, 0.4) is 0 Å². The Labute approximate surface area is 93.4 Å². The van der Waals surface area contributed by atoms with Crippen LogP contribution in [0.2, 0.25) is 0 Å². The molecule has 0 unspecified atom stereocenters. The molecule has 0 saturated heterocycles. The predicted octanol–water partition coefficient (Wildman–Crippen LogP) is 2.63. The van der Waals surface area contributed by atoms with Crippen molar-refractivity contribution in [3.05, 3.63) is 55.4 Å². The maximum absolute atomic E-state index is 4.23. The number of nitrogens with zero attached hydrogens (tertiary/aromatic N) is 2. The van der Waals surface area contributed by atoms with Crippen LogP contribution in [0.15, 0.2) is 55.4 Å². The number of nitrogens with one attached hydrogen (secondary N) is 2. The Morgan fingerprint density at radius 1 is 1.50 bits per heavy atom. The van der Waals surface area contributed by atoms with Gasteiger partial charge in [0.2, 0.25) is 0 Å². The van der Waals surface area contributed by atoms with E-state index in [-0.39, 0.29) is 0 Å². The fourth-order valence-corrected chi connectivity index (χ4v) is 1.32. The van der Waals surface area contributed by atoms with E-state index in [2.05, 4.69) is 33.7 Å². The van der Waals surface area contributed by atoms with Gasteiger partial charge in [-0.3, -0.25) is 10.1 Å². The maximum Gasteiger partial charge on any atom is 0.178 e. The predicted molar refractivity (Wildman–Crippen MR) is 66.0 cm³/mol. The minimum Gasteiger partial charge on any atom is -0.337 e. The van der Waals surface area contributed by atoms with Crippen LogP contribution in [0.1, 0.15) is 0 Å². The molecule has 0 bridgehead atoms. The lowest BCUT2D eigenvalue weighted by molar-refractivity contribution is 1.12. The smallest absolute Gasteiger partial charge is 0.178 e. The Bertz CT molecular complexity index is 551. The van der Waals surface area contributed by atoms with Gasteiger partial charge in [0.25, 0.3) is 0 Å². The Balaban J connectivity index is 2.24. The minimum atomic E-state index is 0.675. The zero-order valence-corrected chi connectivity index (χ0v) is 8.77. The van der Waals surface area contributed by atoms with E-state index in [4.69, 9.17) is 0 Å². The van der Waals surface area contributed by atoms with Gasteiger partial charge in [-0.25, -0.2) is 0 Å². The summed E-state index contributed by atoms with van der Waals surface area (Å²) in [7, 11) is 0. The molecule has 2 aromatic heterocycles. The molecule has 0 aliphatic carbocycles. The lowest BCUT2D eigenvalue weighted by Gasteiger charge is -2.00. The Morgan fingerprint density at radius 3 is 3.19 bits per heavy atom. The van der Waals surface area contributed by atoms with E-state index in [1.54, 1.807) is 18.3 Å². The number of allylic oxidation sites excluding steroid dienone is 3. The third-order valence-electron chi connectivity index (χ3n) is 2.03. The van der Waals surface area contributed by atoms with Gasteiger partial charge in [-0.1, -0.05) is 25.3 Å². The fraction of sp³-hybridized carbons (Fsp3) is 0. The van der Waals surface area contributed by atoms with E-state index in [9.17, 15) is 0 Å². The van der Waals surface area contributed by atoms with Crippen molar-refractivity contribution in [1.82, 2.24) is 15.2 Å². The number of aromatic nitrogens is 3. The second kappa shape index (κ2) is 4.44. The summed E-state index contributed by atoms with van der Waals surface area (Å²) >= 11 is 0. The molecular formula is C12H12N4. The SMILES string of the molecule is C=C/C=C\C(=C)Nc1n[nH]c2cccnc12. The highest BCUT2D eigenvalue weighted by Crippen LogP contribution is 2.18. The Kier molecular flexibility index (Phi) is 2.82. The van der Waals surface area contributed by atoms with E-state index >= 15 is 0 Å². The van der Waals surface area contributed by atoms with Crippen molar-refractivity contribution in [2.45, 2.75) is 0 Å². The van der Waals surface area contributed by atoms with Crippen molar-refractivity contribution >= 4 is 16.9 Å². The Hall–Kier alpha value is -2.36. The average molecular weight is 212 g/mol. The van der Waals surface area contributed by atoms with Gasteiger partial charge in [0.15, 0.2) is 5.82 Å². The zero-order chi connectivity index (χ0) is 11.4. The summed E-state index contributed by atoms with van der Waals surface area (Å²) < 4.78 is 0. The summed E-state index contributed by atoms with van der Waals surface area (Å²) in [5, 5.41) is 10.1. The lowest BCUT2D eigenvalue weighted by atomic mass is 10.3. The maximum atomic E-state index is 4.23. The van der Waals surface area contributed by atoms with Crippen molar-refractivity contribution in [2.24, 2.45) is 0 Å². The molecule has 2 N–H and O–H groups in total. The van der Waals surface area contributed by atoms with Gasteiger partial charge in [0, 0.05) is 11.9 Å². The number of hydrogen-bond acceptors (Lipinski definition) is 3. The number of rotatable bonds is 4. The van der Waals surface area contributed by atoms with Crippen molar-refractivity contribution < 1.29 is 0 Å². The van der Waals surface area contributed by atoms with Gasteiger partial charge in [-0.15, -0.1) is 0 Å². The molecular weight excluding hydrogens is 200 g/mol. The van der Waals surface area contributed by atoms with Crippen LogP contribution in [0.4, 0.5) is 5.82 Å². The zero-order valence-electron chi connectivity index (χ0n) is 8.77. The second-order valence-electron chi connectivity index (χ2n) is 3.22. The standard InChI is InChI=1S/C12H12N4/c1-3-4-6-9(2)14-12-11-10(15-16-12)7-5-8-13-11/h3-8H,1-2H2,(H2,14,15,16)/b6-4-. The average Bonchev–Trinajstić information content (AvgIpc) is 2.70. The van der Waals surface area contributed by atoms with Crippen LogP contribution in [0.25, 0.3) is 11.0 Å². The highest BCUT2D eigenvalue weighted by atomic mass is 15.2. The van der Waals surface area contributed by atoms with E-state index in [1.165, 1.54) is 0 Å². The summed E-state index contributed by atoms with van der Waals surface area (Å²) in [6, 6.07) is 3.78. The summed E-state index contributed by atoms with van der Waals surface area (Å²) in [5.74, 6) is 0.675. The molecule has 16 heavy (non-hydrogen) atoms. The first-order valence-electron chi connectivity index (χ1n) is 4.85. The highest BCUT2D eigenvalue weighted by Gasteiger charge is 2.05. The number of H-pyrrole nitrogens is 1. The number of hydrogen-bond donors (Lipinski definition) is 2. The third-order valence-corrected chi connectivity index (χ3v) is 2.03. The van der Waals surface area contributed by atoms with Crippen LogP contribution in [0.5, 0.6) is 0 Å². The first-order chi connectivity index (χ1) is 7.81. The van der Waals surface area contributed by atoms with Gasteiger partial charge >= 0.3 is 0 Å². The van der Waals surface area contributed by atoms with Gasteiger partial charge in [-0.05, 0) is 18.2 Å². The molecule has 4 heteroatoms. The summed E-state index contributed by atoms with van der Waals surface area (Å²) in [6.07, 6.45) is 7.03. The van der Waals surface area contributed by atoms with Crippen LogP contribution < -0.4 is 5.32 Å². The molecule has 0 saturated carbocycles. The number of aromatic amines is 1. The normalized spacial score (nSPS) is 10.8. The molecule has 0 spiro atoms. The molecule has 2 heterocycles. The van der Waals surface area contributed by atoms with Gasteiger partial charge in [0.1, 0.15) is 5.52 Å². The van der Waals surface area contributed by atoms with Crippen LogP contribution in [-0.4, -0.2) is 15.2 Å². The molecule has 2 aromatic rings. The fourth-order valence-electron chi connectivity index (χ4n) is 1.32. The van der Waals surface area contributed by atoms with Crippen LogP contribution in [-0.2, 0) is 0 Å². The molecule has 0 amide bonds.